The quantitative estimate of drug-likeness (QED) is 0.739. The maximum atomic E-state index is 5.40. The van der Waals surface area contributed by atoms with E-state index in [9.17, 15) is 0 Å². The molecule has 0 unspecified atom stereocenters. The Kier molecular flexibility index (Phi) is 3.28. The smallest absolute Gasteiger partial charge is 0.142 e. The van der Waals surface area contributed by atoms with Gasteiger partial charge < -0.3 is 9.64 Å². The predicted molar refractivity (Wildman–Crippen MR) is 66.0 cm³/mol. The van der Waals surface area contributed by atoms with Crippen LogP contribution in [0.15, 0.2) is 18.2 Å². The van der Waals surface area contributed by atoms with Crippen LogP contribution in [0.3, 0.4) is 0 Å². The first-order valence-electron chi connectivity index (χ1n) is 5.22. The Balaban J connectivity index is 3.19. The lowest BCUT2D eigenvalue weighted by Gasteiger charge is -2.23. The SMILES string of the molecule is COc1cc(C(C)(C)C)ccc1N(C)C. The van der Waals surface area contributed by atoms with Crippen molar-refractivity contribution >= 4 is 5.69 Å². The van der Waals surface area contributed by atoms with Crippen molar-refractivity contribution in [3.8, 4) is 5.75 Å². The molecule has 0 aromatic heterocycles. The first kappa shape index (κ1) is 11.9. The Morgan fingerprint density at radius 1 is 1.13 bits per heavy atom. The molecule has 0 aliphatic carbocycles. The predicted octanol–water partition coefficient (Wildman–Crippen LogP) is 3.06. The minimum absolute atomic E-state index is 0.165. The van der Waals surface area contributed by atoms with Gasteiger partial charge in [0.15, 0.2) is 0 Å². The molecule has 1 rings (SSSR count). The topological polar surface area (TPSA) is 12.5 Å². The van der Waals surface area contributed by atoms with Gasteiger partial charge in [0, 0.05) is 14.1 Å². The number of methoxy groups -OCH3 is 1. The summed E-state index contributed by atoms with van der Waals surface area (Å²) in [6.07, 6.45) is 0. The normalized spacial score (nSPS) is 11.3. The van der Waals surface area contributed by atoms with Crippen molar-refractivity contribution in [2.45, 2.75) is 26.2 Å². The van der Waals surface area contributed by atoms with E-state index in [1.807, 2.05) is 14.1 Å². The van der Waals surface area contributed by atoms with Gasteiger partial charge in [-0.2, -0.15) is 0 Å². The molecule has 84 valence electrons. The maximum Gasteiger partial charge on any atom is 0.142 e. The van der Waals surface area contributed by atoms with Crippen LogP contribution >= 0.6 is 0 Å². The summed E-state index contributed by atoms with van der Waals surface area (Å²) in [4.78, 5) is 2.06. The molecule has 0 saturated carbocycles. The third-order valence-electron chi connectivity index (χ3n) is 2.53. The second kappa shape index (κ2) is 4.13. The van der Waals surface area contributed by atoms with Gasteiger partial charge in [0.05, 0.1) is 12.8 Å². The molecular weight excluding hydrogens is 186 g/mol. The highest BCUT2D eigenvalue weighted by Gasteiger charge is 2.16. The van der Waals surface area contributed by atoms with Crippen LogP contribution in [0.2, 0.25) is 0 Å². The van der Waals surface area contributed by atoms with Gasteiger partial charge in [0.25, 0.3) is 0 Å². The number of benzene rings is 1. The van der Waals surface area contributed by atoms with Gasteiger partial charge in [-0.1, -0.05) is 26.8 Å². The summed E-state index contributed by atoms with van der Waals surface area (Å²) in [5, 5.41) is 0. The summed E-state index contributed by atoms with van der Waals surface area (Å²) < 4.78 is 5.40. The van der Waals surface area contributed by atoms with Crippen molar-refractivity contribution in [2.24, 2.45) is 0 Å². The van der Waals surface area contributed by atoms with Crippen LogP contribution in [-0.4, -0.2) is 21.2 Å². The average molecular weight is 207 g/mol. The third-order valence-corrected chi connectivity index (χ3v) is 2.53. The van der Waals surface area contributed by atoms with Gasteiger partial charge in [-0.15, -0.1) is 0 Å². The molecule has 0 saturated heterocycles. The number of nitrogens with zero attached hydrogens (tertiary/aromatic N) is 1. The molecule has 2 heteroatoms. The molecule has 1 aromatic rings. The van der Waals surface area contributed by atoms with Gasteiger partial charge >= 0.3 is 0 Å². The Morgan fingerprint density at radius 2 is 1.73 bits per heavy atom. The molecule has 0 N–H and O–H groups in total. The van der Waals surface area contributed by atoms with E-state index in [1.54, 1.807) is 7.11 Å². The van der Waals surface area contributed by atoms with Crippen molar-refractivity contribution in [3.63, 3.8) is 0 Å². The van der Waals surface area contributed by atoms with Crippen molar-refractivity contribution in [2.75, 3.05) is 26.1 Å². The van der Waals surface area contributed by atoms with Gasteiger partial charge in [-0.25, -0.2) is 0 Å². The molecule has 0 fully saturated rings. The van der Waals surface area contributed by atoms with Crippen LogP contribution in [0.1, 0.15) is 26.3 Å². The number of anilines is 1. The van der Waals surface area contributed by atoms with Gasteiger partial charge in [-0.3, -0.25) is 0 Å². The number of hydrogen-bond acceptors (Lipinski definition) is 2. The van der Waals surface area contributed by atoms with Crippen molar-refractivity contribution in [1.29, 1.82) is 0 Å². The highest BCUT2D eigenvalue weighted by atomic mass is 16.5. The molecular formula is C13H21NO. The standard InChI is InChI=1S/C13H21NO/c1-13(2,3)10-7-8-11(14(4)5)12(9-10)15-6/h7-9H,1-6H3. The molecule has 0 aliphatic heterocycles. The first-order chi connectivity index (χ1) is 6.86. The van der Waals surface area contributed by atoms with Crippen molar-refractivity contribution in [1.82, 2.24) is 0 Å². The molecule has 0 heterocycles. The van der Waals surface area contributed by atoms with E-state index in [-0.39, 0.29) is 5.41 Å². The van der Waals surface area contributed by atoms with Crippen LogP contribution in [-0.2, 0) is 5.41 Å². The molecule has 1 aromatic carbocycles. The van der Waals surface area contributed by atoms with Gasteiger partial charge in [-0.05, 0) is 23.1 Å². The van der Waals surface area contributed by atoms with Gasteiger partial charge in [0.2, 0.25) is 0 Å². The van der Waals surface area contributed by atoms with E-state index in [0.29, 0.717) is 0 Å². The average Bonchev–Trinajstić information content (AvgIpc) is 2.15. The minimum atomic E-state index is 0.165. The summed E-state index contributed by atoms with van der Waals surface area (Å²) in [6.45, 7) is 6.62. The number of rotatable bonds is 2. The number of ether oxygens (including phenoxy) is 1. The molecule has 0 spiro atoms. The molecule has 2 nitrogen and oxygen atoms in total. The summed E-state index contributed by atoms with van der Waals surface area (Å²) >= 11 is 0. The Morgan fingerprint density at radius 3 is 2.13 bits per heavy atom. The lowest BCUT2D eigenvalue weighted by atomic mass is 9.87. The lowest BCUT2D eigenvalue weighted by Crippen LogP contribution is -2.14. The second-order valence-electron chi connectivity index (χ2n) is 5.03. The fourth-order valence-electron chi connectivity index (χ4n) is 1.51. The Bertz CT molecular complexity index is 337. The molecule has 0 atom stereocenters. The highest BCUT2D eigenvalue weighted by molar-refractivity contribution is 5.59. The van der Waals surface area contributed by atoms with Crippen molar-refractivity contribution in [3.05, 3.63) is 23.8 Å². The summed E-state index contributed by atoms with van der Waals surface area (Å²) in [5.74, 6) is 0.937. The third kappa shape index (κ3) is 2.65. The first-order valence-corrected chi connectivity index (χ1v) is 5.22. The van der Waals surface area contributed by atoms with Crippen molar-refractivity contribution < 1.29 is 4.74 Å². The Hall–Kier alpha value is -1.18. The van der Waals surface area contributed by atoms with Crippen LogP contribution in [0.5, 0.6) is 5.75 Å². The lowest BCUT2D eigenvalue weighted by molar-refractivity contribution is 0.413. The monoisotopic (exact) mass is 207 g/mol. The van der Waals surface area contributed by atoms with E-state index >= 15 is 0 Å². The zero-order chi connectivity index (χ0) is 11.6. The Labute approximate surface area is 92.9 Å². The second-order valence-corrected chi connectivity index (χ2v) is 5.03. The van der Waals surface area contributed by atoms with Crippen LogP contribution < -0.4 is 9.64 Å². The van der Waals surface area contributed by atoms with Crippen LogP contribution in [0, 0.1) is 0 Å². The maximum absolute atomic E-state index is 5.40. The molecule has 0 radical (unpaired) electrons. The highest BCUT2D eigenvalue weighted by Crippen LogP contribution is 2.32. The van der Waals surface area contributed by atoms with Gasteiger partial charge in [0.1, 0.15) is 5.75 Å². The van der Waals surface area contributed by atoms with E-state index in [1.165, 1.54) is 5.56 Å². The zero-order valence-corrected chi connectivity index (χ0v) is 10.6. The fourth-order valence-corrected chi connectivity index (χ4v) is 1.51. The largest absolute Gasteiger partial charge is 0.495 e. The molecule has 0 aliphatic rings. The van der Waals surface area contributed by atoms with Crippen LogP contribution in [0.25, 0.3) is 0 Å². The zero-order valence-electron chi connectivity index (χ0n) is 10.6. The van der Waals surface area contributed by atoms with E-state index < -0.39 is 0 Å². The summed E-state index contributed by atoms with van der Waals surface area (Å²) in [5.41, 5.74) is 2.58. The number of hydrogen-bond donors (Lipinski definition) is 0. The fraction of sp³-hybridized carbons (Fsp3) is 0.538. The van der Waals surface area contributed by atoms with E-state index in [0.717, 1.165) is 11.4 Å². The molecule has 15 heavy (non-hydrogen) atoms. The minimum Gasteiger partial charge on any atom is -0.495 e. The summed E-state index contributed by atoms with van der Waals surface area (Å²) in [6, 6.07) is 6.40. The van der Waals surface area contributed by atoms with E-state index in [2.05, 4.69) is 43.9 Å². The summed E-state index contributed by atoms with van der Waals surface area (Å²) in [7, 11) is 5.76. The molecule has 0 bridgehead atoms. The van der Waals surface area contributed by atoms with E-state index in [4.69, 9.17) is 4.74 Å². The molecule has 0 amide bonds. The van der Waals surface area contributed by atoms with Crippen LogP contribution in [0.4, 0.5) is 5.69 Å².